The van der Waals surface area contributed by atoms with Gasteiger partial charge in [0.2, 0.25) is 0 Å². The molecule has 0 unspecified atom stereocenters. The first-order valence-corrected chi connectivity index (χ1v) is 3.69. The molecule has 0 nitrogen and oxygen atoms in total. The molecular formula is C9H8ClF. The predicted octanol–water partition coefficient (Wildman–Crippen LogP) is 3.51. The van der Waals surface area contributed by atoms with Crippen LogP contribution in [0.2, 0.25) is 5.02 Å². The molecule has 0 saturated heterocycles. The van der Waals surface area contributed by atoms with Crippen molar-refractivity contribution in [1.29, 1.82) is 0 Å². The van der Waals surface area contributed by atoms with Gasteiger partial charge in [0.1, 0.15) is 5.82 Å². The molecule has 0 fully saturated rings. The van der Waals surface area contributed by atoms with Crippen molar-refractivity contribution in [3.63, 3.8) is 0 Å². The molecule has 0 saturated carbocycles. The molecule has 0 bridgehead atoms. The van der Waals surface area contributed by atoms with Gasteiger partial charge in [0.15, 0.2) is 0 Å². The van der Waals surface area contributed by atoms with Crippen molar-refractivity contribution in [2.24, 2.45) is 0 Å². The number of hydrogen-bond acceptors (Lipinski definition) is 0. The van der Waals surface area contributed by atoms with E-state index in [4.69, 9.17) is 11.6 Å². The van der Waals surface area contributed by atoms with Crippen LogP contribution >= 0.6 is 11.6 Å². The SMILES string of the molecule is CC=Cc1ccc(F)c(Cl)c1. The van der Waals surface area contributed by atoms with Crippen molar-refractivity contribution < 1.29 is 4.39 Å². The lowest BCUT2D eigenvalue weighted by Gasteiger charge is -1.94. The van der Waals surface area contributed by atoms with Crippen molar-refractivity contribution in [1.82, 2.24) is 0 Å². The molecule has 2 heteroatoms. The van der Waals surface area contributed by atoms with E-state index >= 15 is 0 Å². The minimum Gasteiger partial charge on any atom is -0.205 e. The fourth-order valence-electron chi connectivity index (χ4n) is 0.809. The number of hydrogen-bond donors (Lipinski definition) is 0. The van der Waals surface area contributed by atoms with Crippen molar-refractivity contribution in [3.05, 3.63) is 40.7 Å². The summed E-state index contributed by atoms with van der Waals surface area (Å²) in [5, 5.41) is 0.167. The third kappa shape index (κ3) is 2.05. The summed E-state index contributed by atoms with van der Waals surface area (Å²) < 4.78 is 12.6. The Hall–Kier alpha value is -0.820. The van der Waals surface area contributed by atoms with Gasteiger partial charge in [-0.1, -0.05) is 29.8 Å². The molecule has 1 aromatic rings. The van der Waals surface area contributed by atoms with Crippen LogP contribution in [0.3, 0.4) is 0 Å². The van der Waals surface area contributed by atoms with E-state index in [0.717, 1.165) is 5.56 Å². The van der Waals surface area contributed by atoms with E-state index in [0.29, 0.717) is 0 Å². The molecule has 0 radical (unpaired) electrons. The number of halogens is 2. The smallest absolute Gasteiger partial charge is 0.141 e. The van der Waals surface area contributed by atoms with Crippen LogP contribution in [0.5, 0.6) is 0 Å². The summed E-state index contributed by atoms with van der Waals surface area (Å²) >= 11 is 5.54. The summed E-state index contributed by atoms with van der Waals surface area (Å²) in [7, 11) is 0. The van der Waals surface area contributed by atoms with Gasteiger partial charge < -0.3 is 0 Å². The van der Waals surface area contributed by atoms with Crippen LogP contribution in [0.1, 0.15) is 12.5 Å². The topological polar surface area (TPSA) is 0 Å². The lowest BCUT2D eigenvalue weighted by Crippen LogP contribution is -1.77. The van der Waals surface area contributed by atoms with Crippen LogP contribution in [0.15, 0.2) is 24.3 Å². The maximum Gasteiger partial charge on any atom is 0.141 e. The lowest BCUT2D eigenvalue weighted by molar-refractivity contribution is 0.628. The second-order valence-corrected chi connectivity index (χ2v) is 2.58. The maximum atomic E-state index is 12.6. The van der Waals surface area contributed by atoms with E-state index < -0.39 is 0 Å². The van der Waals surface area contributed by atoms with Crippen molar-refractivity contribution >= 4 is 17.7 Å². The van der Waals surface area contributed by atoms with Crippen LogP contribution < -0.4 is 0 Å². The molecule has 0 atom stereocenters. The largest absolute Gasteiger partial charge is 0.205 e. The highest BCUT2D eigenvalue weighted by Crippen LogP contribution is 2.16. The van der Waals surface area contributed by atoms with Gasteiger partial charge in [0, 0.05) is 0 Å². The average Bonchev–Trinajstić information content (AvgIpc) is 1.98. The molecular weight excluding hydrogens is 163 g/mol. The van der Waals surface area contributed by atoms with Crippen molar-refractivity contribution in [3.8, 4) is 0 Å². The Morgan fingerprint density at radius 2 is 2.18 bits per heavy atom. The monoisotopic (exact) mass is 170 g/mol. The molecule has 0 heterocycles. The van der Waals surface area contributed by atoms with E-state index in [1.165, 1.54) is 6.07 Å². The maximum absolute atomic E-state index is 12.6. The van der Waals surface area contributed by atoms with Crippen molar-refractivity contribution in [2.75, 3.05) is 0 Å². The van der Waals surface area contributed by atoms with Crippen LogP contribution in [-0.2, 0) is 0 Å². The summed E-state index contributed by atoms with van der Waals surface area (Å²) in [6.45, 7) is 1.90. The minimum absolute atomic E-state index is 0.167. The Morgan fingerprint density at radius 1 is 1.45 bits per heavy atom. The Morgan fingerprint density at radius 3 is 2.73 bits per heavy atom. The third-order valence-electron chi connectivity index (χ3n) is 1.30. The predicted molar refractivity (Wildman–Crippen MR) is 46.1 cm³/mol. The van der Waals surface area contributed by atoms with Gasteiger partial charge >= 0.3 is 0 Å². The molecule has 0 N–H and O–H groups in total. The number of benzene rings is 1. The van der Waals surface area contributed by atoms with Crippen molar-refractivity contribution in [2.45, 2.75) is 6.92 Å². The molecule has 0 aromatic heterocycles. The lowest BCUT2D eigenvalue weighted by atomic mass is 10.2. The highest BCUT2D eigenvalue weighted by atomic mass is 35.5. The van der Waals surface area contributed by atoms with Crippen LogP contribution in [0.4, 0.5) is 4.39 Å². The average molecular weight is 171 g/mol. The Bertz CT molecular complexity index is 279. The van der Waals surface area contributed by atoms with E-state index in [1.807, 2.05) is 19.1 Å². The molecule has 0 spiro atoms. The molecule has 0 amide bonds. The Labute approximate surface area is 70.3 Å². The van der Waals surface area contributed by atoms with Gasteiger partial charge in [0.05, 0.1) is 5.02 Å². The van der Waals surface area contributed by atoms with Gasteiger partial charge in [-0.15, -0.1) is 0 Å². The Kier molecular flexibility index (Phi) is 2.66. The second kappa shape index (κ2) is 3.54. The fraction of sp³-hybridized carbons (Fsp3) is 0.111. The van der Waals surface area contributed by atoms with E-state index in [1.54, 1.807) is 12.1 Å². The zero-order chi connectivity index (χ0) is 8.27. The third-order valence-corrected chi connectivity index (χ3v) is 1.59. The zero-order valence-corrected chi connectivity index (χ0v) is 6.90. The second-order valence-electron chi connectivity index (χ2n) is 2.17. The van der Waals surface area contributed by atoms with Gasteiger partial charge in [0.25, 0.3) is 0 Å². The van der Waals surface area contributed by atoms with Crippen LogP contribution in [0, 0.1) is 5.82 Å². The molecule has 0 aliphatic rings. The van der Waals surface area contributed by atoms with Gasteiger partial charge in [-0.05, 0) is 24.6 Å². The van der Waals surface area contributed by atoms with Crippen LogP contribution in [-0.4, -0.2) is 0 Å². The van der Waals surface area contributed by atoms with E-state index in [2.05, 4.69) is 0 Å². The molecule has 58 valence electrons. The summed E-state index contributed by atoms with van der Waals surface area (Å²) in [5.41, 5.74) is 0.916. The fourth-order valence-corrected chi connectivity index (χ4v) is 0.997. The van der Waals surface area contributed by atoms with Gasteiger partial charge in [-0.2, -0.15) is 0 Å². The van der Waals surface area contributed by atoms with E-state index in [-0.39, 0.29) is 10.8 Å². The van der Waals surface area contributed by atoms with Gasteiger partial charge in [-0.3, -0.25) is 0 Å². The quantitative estimate of drug-likeness (QED) is 0.605. The summed E-state index contributed by atoms with van der Waals surface area (Å²) in [6.07, 6.45) is 3.74. The first-order valence-electron chi connectivity index (χ1n) is 3.32. The molecule has 1 aromatic carbocycles. The Balaban J connectivity index is 3.05. The molecule has 0 aliphatic carbocycles. The first-order chi connectivity index (χ1) is 5.24. The van der Waals surface area contributed by atoms with E-state index in [9.17, 15) is 4.39 Å². The molecule has 0 aliphatic heterocycles. The summed E-state index contributed by atoms with van der Waals surface area (Å²) in [4.78, 5) is 0. The molecule has 11 heavy (non-hydrogen) atoms. The number of rotatable bonds is 1. The molecule has 1 rings (SSSR count). The minimum atomic E-state index is -0.375. The summed E-state index contributed by atoms with van der Waals surface area (Å²) in [6, 6.07) is 4.63. The number of allylic oxidation sites excluding steroid dienone is 1. The standard InChI is InChI=1S/C9H8ClF/c1-2-3-7-4-5-9(11)8(10)6-7/h2-6H,1H3. The normalized spacial score (nSPS) is 10.8. The zero-order valence-electron chi connectivity index (χ0n) is 6.14. The summed E-state index contributed by atoms with van der Waals surface area (Å²) in [5.74, 6) is -0.375. The highest BCUT2D eigenvalue weighted by molar-refractivity contribution is 6.30. The highest BCUT2D eigenvalue weighted by Gasteiger charge is 1.96. The first kappa shape index (κ1) is 8.28. The van der Waals surface area contributed by atoms with Gasteiger partial charge in [-0.25, -0.2) is 4.39 Å². The van der Waals surface area contributed by atoms with Crippen LogP contribution in [0.25, 0.3) is 6.08 Å².